The summed E-state index contributed by atoms with van der Waals surface area (Å²) in [6.07, 6.45) is 3.77. The van der Waals surface area contributed by atoms with Gasteiger partial charge in [-0.15, -0.1) is 0 Å². The predicted molar refractivity (Wildman–Crippen MR) is 86.9 cm³/mol. The minimum Gasteiger partial charge on any atom is -0.351 e. The van der Waals surface area contributed by atoms with E-state index < -0.39 is 0 Å². The third kappa shape index (κ3) is 2.04. The van der Waals surface area contributed by atoms with Crippen molar-refractivity contribution >= 4 is 16.9 Å². The second-order valence-electron chi connectivity index (χ2n) is 5.76. The van der Waals surface area contributed by atoms with Crippen LogP contribution in [0.1, 0.15) is 23.9 Å². The Morgan fingerprint density at radius 1 is 1.14 bits per heavy atom. The van der Waals surface area contributed by atoms with Crippen molar-refractivity contribution in [3.63, 3.8) is 0 Å². The van der Waals surface area contributed by atoms with Crippen LogP contribution >= 0.6 is 0 Å². The quantitative estimate of drug-likeness (QED) is 0.728. The maximum atomic E-state index is 4.79. The molecule has 1 aliphatic rings. The molecule has 112 valence electrons. The topological polar surface area (TPSA) is 46.8 Å². The van der Waals surface area contributed by atoms with Gasteiger partial charge in [0.05, 0.1) is 11.6 Å². The molecule has 0 saturated carbocycles. The number of nitrogens with zero attached hydrogens (tertiary/aromatic N) is 5. The molecule has 0 N–H and O–H groups in total. The summed E-state index contributed by atoms with van der Waals surface area (Å²) in [5.41, 5.74) is 3.76. The number of benzene rings is 1. The SMILES string of the molecule is CCc1nc(N2CCc3ccccc3C2)c2cnn(C)c2n1. The minimum atomic E-state index is 0.832. The largest absolute Gasteiger partial charge is 0.351 e. The first-order valence-corrected chi connectivity index (χ1v) is 7.76. The van der Waals surface area contributed by atoms with E-state index in [4.69, 9.17) is 4.98 Å². The van der Waals surface area contributed by atoms with Crippen LogP contribution in [0.5, 0.6) is 0 Å². The van der Waals surface area contributed by atoms with E-state index in [9.17, 15) is 0 Å². The molecule has 0 atom stereocenters. The van der Waals surface area contributed by atoms with Crippen molar-refractivity contribution in [2.45, 2.75) is 26.3 Å². The number of hydrogen-bond acceptors (Lipinski definition) is 4. The highest BCUT2D eigenvalue weighted by molar-refractivity contribution is 5.87. The average molecular weight is 293 g/mol. The average Bonchev–Trinajstić information content (AvgIpc) is 2.95. The Bertz CT molecular complexity index is 836. The summed E-state index contributed by atoms with van der Waals surface area (Å²) in [5, 5.41) is 5.40. The van der Waals surface area contributed by atoms with E-state index >= 15 is 0 Å². The van der Waals surface area contributed by atoms with Gasteiger partial charge in [0.25, 0.3) is 0 Å². The zero-order valence-corrected chi connectivity index (χ0v) is 13.0. The van der Waals surface area contributed by atoms with Crippen LogP contribution < -0.4 is 4.90 Å². The predicted octanol–water partition coefficient (Wildman–Crippen LogP) is 2.49. The summed E-state index contributed by atoms with van der Waals surface area (Å²) < 4.78 is 1.83. The van der Waals surface area contributed by atoms with E-state index in [1.165, 1.54) is 11.1 Å². The van der Waals surface area contributed by atoms with Crippen molar-refractivity contribution in [1.29, 1.82) is 0 Å². The fourth-order valence-corrected chi connectivity index (χ4v) is 3.13. The number of aryl methyl sites for hydroxylation is 2. The fraction of sp³-hybridized carbons (Fsp3) is 0.353. The lowest BCUT2D eigenvalue weighted by Crippen LogP contribution is -2.31. The summed E-state index contributed by atoms with van der Waals surface area (Å²) >= 11 is 0. The Morgan fingerprint density at radius 3 is 2.77 bits per heavy atom. The molecule has 0 unspecified atom stereocenters. The number of hydrogen-bond donors (Lipinski definition) is 0. The van der Waals surface area contributed by atoms with Gasteiger partial charge in [-0.25, -0.2) is 9.97 Å². The molecule has 3 heterocycles. The minimum absolute atomic E-state index is 0.832. The van der Waals surface area contributed by atoms with Crippen molar-refractivity contribution in [3.8, 4) is 0 Å². The molecule has 1 aromatic carbocycles. The highest BCUT2D eigenvalue weighted by Crippen LogP contribution is 2.28. The summed E-state index contributed by atoms with van der Waals surface area (Å²) in [4.78, 5) is 11.8. The lowest BCUT2D eigenvalue weighted by Gasteiger charge is -2.30. The van der Waals surface area contributed by atoms with Crippen molar-refractivity contribution in [2.24, 2.45) is 7.05 Å². The standard InChI is InChI=1S/C17H19N5/c1-3-15-19-16-14(10-18-21(16)2)17(20-15)22-9-8-12-6-4-5-7-13(12)11-22/h4-7,10H,3,8-9,11H2,1-2H3. The molecule has 3 aromatic rings. The smallest absolute Gasteiger partial charge is 0.163 e. The van der Waals surface area contributed by atoms with Crippen molar-refractivity contribution in [2.75, 3.05) is 11.4 Å². The number of anilines is 1. The molecule has 4 rings (SSSR count). The van der Waals surface area contributed by atoms with Crippen LogP contribution in [-0.4, -0.2) is 26.3 Å². The van der Waals surface area contributed by atoms with Crippen LogP contribution in [-0.2, 0) is 26.4 Å². The molecule has 0 spiro atoms. The van der Waals surface area contributed by atoms with Gasteiger partial charge >= 0.3 is 0 Å². The molecule has 0 saturated heterocycles. The second-order valence-corrected chi connectivity index (χ2v) is 5.76. The van der Waals surface area contributed by atoms with Gasteiger partial charge < -0.3 is 4.90 Å². The van der Waals surface area contributed by atoms with Crippen LogP contribution in [0.25, 0.3) is 11.0 Å². The van der Waals surface area contributed by atoms with E-state index in [2.05, 4.69) is 46.2 Å². The molecular formula is C17H19N5. The highest BCUT2D eigenvalue weighted by Gasteiger charge is 2.21. The number of aromatic nitrogens is 4. The first-order chi connectivity index (χ1) is 10.8. The van der Waals surface area contributed by atoms with E-state index in [0.29, 0.717) is 0 Å². The first kappa shape index (κ1) is 13.2. The molecule has 1 aliphatic heterocycles. The number of rotatable bonds is 2. The van der Waals surface area contributed by atoms with E-state index in [1.54, 1.807) is 0 Å². The third-order valence-electron chi connectivity index (χ3n) is 4.36. The molecule has 0 radical (unpaired) electrons. The Hall–Kier alpha value is -2.43. The van der Waals surface area contributed by atoms with Gasteiger partial charge in [0.15, 0.2) is 5.65 Å². The summed E-state index contributed by atoms with van der Waals surface area (Å²) in [6.45, 7) is 3.98. The Morgan fingerprint density at radius 2 is 1.95 bits per heavy atom. The molecule has 22 heavy (non-hydrogen) atoms. The zero-order chi connectivity index (χ0) is 15.1. The van der Waals surface area contributed by atoms with Gasteiger partial charge in [0, 0.05) is 26.6 Å². The van der Waals surface area contributed by atoms with E-state index in [0.717, 1.165) is 48.6 Å². The van der Waals surface area contributed by atoms with Crippen LogP contribution in [0, 0.1) is 0 Å². The van der Waals surface area contributed by atoms with E-state index in [-0.39, 0.29) is 0 Å². The van der Waals surface area contributed by atoms with Crippen LogP contribution in [0.3, 0.4) is 0 Å². The number of fused-ring (bicyclic) bond motifs is 2. The fourth-order valence-electron chi connectivity index (χ4n) is 3.13. The third-order valence-corrected chi connectivity index (χ3v) is 4.36. The summed E-state index contributed by atoms with van der Waals surface area (Å²) in [6, 6.07) is 8.67. The molecule has 0 amide bonds. The lowest BCUT2D eigenvalue weighted by molar-refractivity contribution is 0.718. The lowest BCUT2D eigenvalue weighted by atomic mass is 10.00. The van der Waals surface area contributed by atoms with Crippen LogP contribution in [0.2, 0.25) is 0 Å². The monoisotopic (exact) mass is 293 g/mol. The molecule has 5 heteroatoms. The molecule has 5 nitrogen and oxygen atoms in total. The van der Waals surface area contributed by atoms with Crippen molar-refractivity contribution in [3.05, 3.63) is 47.4 Å². The maximum Gasteiger partial charge on any atom is 0.163 e. The summed E-state index contributed by atoms with van der Waals surface area (Å²) in [7, 11) is 1.93. The van der Waals surface area contributed by atoms with Gasteiger partial charge in [0.1, 0.15) is 11.6 Å². The molecular weight excluding hydrogens is 274 g/mol. The zero-order valence-electron chi connectivity index (χ0n) is 13.0. The Balaban J connectivity index is 1.81. The molecule has 0 bridgehead atoms. The molecule has 0 aliphatic carbocycles. The summed E-state index contributed by atoms with van der Waals surface area (Å²) in [5.74, 6) is 1.90. The van der Waals surface area contributed by atoms with Crippen molar-refractivity contribution in [1.82, 2.24) is 19.7 Å². The first-order valence-electron chi connectivity index (χ1n) is 7.76. The van der Waals surface area contributed by atoms with Crippen LogP contribution in [0.4, 0.5) is 5.82 Å². The highest BCUT2D eigenvalue weighted by atomic mass is 15.3. The van der Waals surface area contributed by atoms with Gasteiger partial charge in [-0.3, -0.25) is 4.68 Å². The van der Waals surface area contributed by atoms with Gasteiger partial charge in [-0.05, 0) is 17.5 Å². The van der Waals surface area contributed by atoms with Gasteiger partial charge in [-0.1, -0.05) is 31.2 Å². The van der Waals surface area contributed by atoms with Crippen molar-refractivity contribution < 1.29 is 0 Å². The second kappa shape index (κ2) is 5.09. The maximum absolute atomic E-state index is 4.79. The Labute approximate surface area is 129 Å². The van der Waals surface area contributed by atoms with Gasteiger partial charge in [0.2, 0.25) is 0 Å². The Kier molecular flexibility index (Phi) is 3.06. The normalized spacial score (nSPS) is 14.4. The molecule has 0 fully saturated rings. The van der Waals surface area contributed by atoms with Gasteiger partial charge in [-0.2, -0.15) is 5.10 Å². The molecule has 2 aromatic heterocycles. The van der Waals surface area contributed by atoms with E-state index in [1.807, 2.05) is 17.9 Å². The van der Waals surface area contributed by atoms with Crippen LogP contribution in [0.15, 0.2) is 30.5 Å².